The number of hydrogen-bond acceptors (Lipinski definition) is 7. The maximum absolute atomic E-state index is 13.5. The summed E-state index contributed by atoms with van der Waals surface area (Å²) in [5, 5.41) is 9.74. The molecule has 4 rings (SSSR count). The van der Waals surface area contributed by atoms with E-state index in [2.05, 4.69) is 16.0 Å². The lowest BCUT2D eigenvalue weighted by Gasteiger charge is -2.40. The topological polar surface area (TPSA) is 154 Å². The lowest BCUT2D eigenvalue weighted by Crippen LogP contribution is -2.64. The number of hydrogen-bond donors (Lipinski definition) is 3. The minimum atomic E-state index is -1.06. The lowest BCUT2D eigenvalue weighted by molar-refractivity contribution is -0.166. The van der Waals surface area contributed by atoms with Crippen molar-refractivity contribution in [1.29, 1.82) is 0 Å². The standard InChI is InChI=1S/C28H37N5O7/c34-17-22(15-21-13-14-29-25(21)36)30-27(38)32(16-19-7-3-1-4-8-19)33-24(35)12-11-23(26(33)37)31-28(39)40-18-20-9-5-2-6-10-20/h2,5-6,9-10,17,19,21-23H,1,3-4,7-8,11-16,18H2,(H,29,36)(H,30,38)(H,31,39)/t21?,22?,23-/m0/s1. The Balaban J connectivity index is 1.45. The summed E-state index contributed by atoms with van der Waals surface area (Å²) in [6, 6.07) is 6.27. The lowest BCUT2D eigenvalue weighted by atomic mass is 9.89. The van der Waals surface area contributed by atoms with Gasteiger partial charge < -0.3 is 25.5 Å². The van der Waals surface area contributed by atoms with Gasteiger partial charge in [0, 0.05) is 25.4 Å². The van der Waals surface area contributed by atoms with Gasteiger partial charge in [0.1, 0.15) is 18.9 Å². The number of imide groups is 1. The van der Waals surface area contributed by atoms with Gasteiger partial charge in [-0.05, 0) is 43.6 Å². The van der Waals surface area contributed by atoms with Gasteiger partial charge in [-0.1, -0.05) is 49.6 Å². The van der Waals surface area contributed by atoms with Gasteiger partial charge in [-0.3, -0.25) is 14.4 Å². The van der Waals surface area contributed by atoms with E-state index in [0.29, 0.717) is 19.3 Å². The Kier molecular flexibility index (Phi) is 10.1. The minimum absolute atomic E-state index is 0.0124. The van der Waals surface area contributed by atoms with Crippen LogP contribution in [0, 0.1) is 11.8 Å². The van der Waals surface area contributed by atoms with Gasteiger partial charge in [-0.2, -0.15) is 5.01 Å². The molecule has 40 heavy (non-hydrogen) atoms. The Morgan fingerprint density at radius 3 is 2.50 bits per heavy atom. The number of alkyl carbamates (subject to hydrolysis) is 1. The molecule has 0 bridgehead atoms. The monoisotopic (exact) mass is 555 g/mol. The van der Waals surface area contributed by atoms with Crippen LogP contribution in [0.5, 0.6) is 0 Å². The van der Waals surface area contributed by atoms with E-state index in [-0.39, 0.29) is 44.2 Å². The van der Waals surface area contributed by atoms with Gasteiger partial charge in [0.05, 0.1) is 6.04 Å². The maximum Gasteiger partial charge on any atom is 0.408 e. The van der Waals surface area contributed by atoms with Crippen LogP contribution >= 0.6 is 0 Å². The molecule has 1 aliphatic carbocycles. The molecule has 1 aromatic carbocycles. The zero-order valence-electron chi connectivity index (χ0n) is 22.5. The molecule has 2 saturated heterocycles. The van der Waals surface area contributed by atoms with Crippen molar-refractivity contribution in [2.75, 3.05) is 13.1 Å². The van der Waals surface area contributed by atoms with Gasteiger partial charge in [0.2, 0.25) is 11.8 Å². The first-order valence-electron chi connectivity index (χ1n) is 14.0. The summed E-state index contributed by atoms with van der Waals surface area (Å²) >= 11 is 0. The van der Waals surface area contributed by atoms with Crippen LogP contribution in [0.25, 0.3) is 0 Å². The Morgan fingerprint density at radius 2 is 1.82 bits per heavy atom. The molecule has 12 heteroatoms. The summed E-state index contributed by atoms with van der Waals surface area (Å²) in [7, 11) is 0. The van der Waals surface area contributed by atoms with Gasteiger partial charge in [-0.15, -0.1) is 0 Å². The number of carbonyl (C=O) groups is 6. The molecule has 3 aliphatic rings. The molecule has 3 fully saturated rings. The van der Waals surface area contributed by atoms with Crippen molar-refractivity contribution in [3.8, 4) is 0 Å². The van der Waals surface area contributed by atoms with Crippen LogP contribution in [0.1, 0.15) is 63.4 Å². The third kappa shape index (κ3) is 7.57. The summed E-state index contributed by atoms with van der Waals surface area (Å²) in [5.74, 6) is -1.81. The average Bonchev–Trinajstić information content (AvgIpc) is 3.37. The molecule has 216 valence electrons. The summed E-state index contributed by atoms with van der Waals surface area (Å²) in [4.78, 5) is 76.3. The highest BCUT2D eigenvalue weighted by Crippen LogP contribution is 2.27. The van der Waals surface area contributed by atoms with E-state index in [9.17, 15) is 28.8 Å². The van der Waals surface area contributed by atoms with E-state index < -0.39 is 41.9 Å². The first kappa shape index (κ1) is 29.0. The van der Waals surface area contributed by atoms with Crippen LogP contribution in [0.2, 0.25) is 0 Å². The molecule has 2 aliphatic heterocycles. The number of carbonyl (C=O) groups excluding carboxylic acids is 6. The third-order valence-corrected chi connectivity index (χ3v) is 7.70. The van der Waals surface area contributed by atoms with Crippen LogP contribution in [0.4, 0.5) is 9.59 Å². The summed E-state index contributed by atoms with van der Waals surface area (Å²) in [6.07, 6.45) is 5.16. The van der Waals surface area contributed by atoms with Crippen LogP contribution in [-0.2, 0) is 30.5 Å². The van der Waals surface area contributed by atoms with Crippen LogP contribution in [0.15, 0.2) is 30.3 Å². The predicted molar refractivity (Wildman–Crippen MR) is 142 cm³/mol. The smallest absolute Gasteiger partial charge is 0.408 e. The molecule has 0 radical (unpaired) electrons. The molecule has 0 spiro atoms. The zero-order valence-corrected chi connectivity index (χ0v) is 22.5. The third-order valence-electron chi connectivity index (χ3n) is 7.70. The Labute approximate surface area is 233 Å². The van der Waals surface area contributed by atoms with E-state index in [1.54, 1.807) is 12.1 Å². The second kappa shape index (κ2) is 13.9. The highest BCUT2D eigenvalue weighted by Gasteiger charge is 2.42. The van der Waals surface area contributed by atoms with E-state index in [1.165, 1.54) is 0 Å². The Bertz CT molecular complexity index is 1090. The number of nitrogens with one attached hydrogen (secondary N) is 3. The van der Waals surface area contributed by atoms with Crippen molar-refractivity contribution >= 4 is 36.1 Å². The van der Waals surface area contributed by atoms with Crippen molar-refractivity contribution in [2.24, 2.45) is 11.8 Å². The van der Waals surface area contributed by atoms with Crippen molar-refractivity contribution in [3.63, 3.8) is 0 Å². The molecular formula is C28H37N5O7. The number of nitrogens with zero attached hydrogens (tertiary/aromatic N) is 2. The molecule has 2 heterocycles. The van der Waals surface area contributed by atoms with E-state index >= 15 is 0 Å². The highest BCUT2D eigenvalue weighted by atomic mass is 16.5. The number of amides is 6. The van der Waals surface area contributed by atoms with Crippen LogP contribution in [0.3, 0.4) is 0 Å². The minimum Gasteiger partial charge on any atom is -0.445 e. The number of hydrazine groups is 1. The van der Waals surface area contributed by atoms with Crippen molar-refractivity contribution in [3.05, 3.63) is 35.9 Å². The first-order chi connectivity index (χ1) is 19.4. The molecule has 1 aromatic rings. The van der Waals surface area contributed by atoms with Crippen LogP contribution < -0.4 is 16.0 Å². The van der Waals surface area contributed by atoms with Crippen molar-refractivity contribution in [2.45, 2.75) is 76.5 Å². The number of urea groups is 1. The summed E-state index contributed by atoms with van der Waals surface area (Å²) in [6.45, 7) is 0.637. The number of rotatable bonds is 10. The second-order valence-electron chi connectivity index (χ2n) is 10.6. The molecule has 6 amide bonds. The fraction of sp³-hybridized carbons (Fsp3) is 0.571. The van der Waals surface area contributed by atoms with Crippen molar-refractivity contribution < 1.29 is 33.5 Å². The van der Waals surface area contributed by atoms with E-state index in [0.717, 1.165) is 47.7 Å². The maximum atomic E-state index is 13.5. The van der Waals surface area contributed by atoms with E-state index in [4.69, 9.17) is 4.74 Å². The summed E-state index contributed by atoms with van der Waals surface area (Å²) < 4.78 is 5.24. The molecular weight excluding hydrogens is 518 g/mol. The molecule has 12 nitrogen and oxygen atoms in total. The van der Waals surface area contributed by atoms with Gasteiger partial charge in [0.25, 0.3) is 5.91 Å². The molecule has 2 unspecified atom stereocenters. The van der Waals surface area contributed by atoms with Crippen LogP contribution in [-0.4, -0.2) is 71.3 Å². The largest absolute Gasteiger partial charge is 0.445 e. The quantitative estimate of drug-likeness (QED) is 0.295. The van der Waals surface area contributed by atoms with Crippen molar-refractivity contribution in [1.82, 2.24) is 26.0 Å². The SMILES string of the molecule is O=CC(CC1CCNC1=O)NC(=O)N(CC1CCCCC1)N1C(=O)CC[C@H](NC(=O)OCc2ccccc2)C1=O. The first-order valence-corrected chi connectivity index (χ1v) is 14.0. The number of aldehydes is 1. The predicted octanol–water partition coefficient (Wildman–Crippen LogP) is 2.03. The number of benzene rings is 1. The Morgan fingerprint density at radius 1 is 1.07 bits per heavy atom. The van der Waals surface area contributed by atoms with Gasteiger partial charge in [0.15, 0.2) is 0 Å². The van der Waals surface area contributed by atoms with Gasteiger partial charge in [-0.25, -0.2) is 14.6 Å². The number of piperidine rings is 1. The number of ether oxygens (including phenoxy) is 1. The fourth-order valence-electron chi connectivity index (χ4n) is 5.49. The fourth-order valence-corrected chi connectivity index (χ4v) is 5.49. The average molecular weight is 556 g/mol. The van der Waals surface area contributed by atoms with Gasteiger partial charge >= 0.3 is 12.1 Å². The molecule has 0 aromatic heterocycles. The second-order valence-corrected chi connectivity index (χ2v) is 10.6. The highest BCUT2D eigenvalue weighted by molar-refractivity contribution is 6.02. The normalized spacial score (nSPS) is 22.3. The van der Waals surface area contributed by atoms with E-state index in [1.807, 2.05) is 18.2 Å². The molecule has 3 atom stereocenters. The Hall–Kier alpha value is -3.96. The molecule has 3 N–H and O–H groups in total. The summed E-state index contributed by atoms with van der Waals surface area (Å²) in [5.41, 5.74) is 0.777. The molecule has 1 saturated carbocycles. The zero-order chi connectivity index (χ0) is 28.5.